The van der Waals surface area contributed by atoms with Crippen molar-refractivity contribution in [3.8, 4) is 5.75 Å². The molecule has 3 heterocycles. The number of hydrogen-bond donors (Lipinski definition) is 4. The monoisotopic (exact) mass is 474 g/mol. The highest BCUT2D eigenvalue weighted by Gasteiger charge is 2.32. The van der Waals surface area contributed by atoms with E-state index in [1.165, 1.54) is 35.0 Å². The zero-order valence-electron chi connectivity index (χ0n) is 17.3. The van der Waals surface area contributed by atoms with Gasteiger partial charge in [-0.3, -0.25) is 10.1 Å². The Kier molecular flexibility index (Phi) is 5.18. The van der Waals surface area contributed by atoms with E-state index in [2.05, 4.69) is 41.1 Å². The Balaban J connectivity index is 1.46. The topological polar surface area (TPSA) is 135 Å². The van der Waals surface area contributed by atoms with E-state index in [-0.39, 0.29) is 35.5 Å². The number of alkyl halides is 3. The van der Waals surface area contributed by atoms with Crippen LogP contribution in [0, 0.1) is 0 Å². The molecule has 5 rings (SSSR count). The highest BCUT2D eigenvalue weighted by molar-refractivity contribution is 6.14. The molecule has 4 N–H and O–H groups in total. The van der Waals surface area contributed by atoms with E-state index in [9.17, 15) is 22.8 Å². The lowest BCUT2D eigenvalue weighted by molar-refractivity contribution is -0.274. The van der Waals surface area contributed by atoms with Crippen molar-refractivity contribution in [2.24, 2.45) is 0 Å². The summed E-state index contributed by atoms with van der Waals surface area (Å²) in [6.07, 6.45) is -0.0216. The second kappa shape index (κ2) is 8.20. The summed E-state index contributed by atoms with van der Waals surface area (Å²) in [7, 11) is 0. The highest BCUT2D eigenvalue weighted by atomic mass is 19.4. The van der Waals surface area contributed by atoms with Gasteiger partial charge in [0.05, 0.1) is 6.20 Å². The minimum atomic E-state index is -4.82. The van der Waals surface area contributed by atoms with E-state index < -0.39 is 18.3 Å². The SMILES string of the molecule is O=C1NC(=O)/C(=C/c2cnn3c(NC4CC4)nc(NCc4ccccc4OC(F)(F)F)nc23)N1. The number of carbonyl (C=O) groups is 2. The first-order chi connectivity index (χ1) is 16.2. The maximum atomic E-state index is 12.7. The number of hydrogen-bond acceptors (Lipinski definition) is 8. The third kappa shape index (κ3) is 4.69. The molecule has 11 nitrogen and oxygen atoms in total. The Bertz CT molecular complexity index is 1320. The fourth-order valence-electron chi connectivity index (χ4n) is 3.27. The molecule has 176 valence electrons. The summed E-state index contributed by atoms with van der Waals surface area (Å²) in [5.41, 5.74) is 1.03. The molecule has 1 saturated heterocycles. The summed E-state index contributed by atoms with van der Waals surface area (Å²) in [5, 5.41) is 14.9. The average molecular weight is 474 g/mol. The van der Waals surface area contributed by atoms with Crippen LogP contribution in [-0.4, -0.2) is 43.9 Å². The van der Waals surface area contributed by atoms with Crippen LogP contribution in [0.3, 0.4) is 0 Å². The van der Waals surface area contributed by atoms with Crippen molar-refractivity contribution in [3.05, 3.63) is 47.3 Å². The van der Waals surface area contributed by atoms with Crippen LogP contribution in [0.5, 0.6) is 5.75 Å². The number of halogens is 3. The lowest BCUT2D eigenvalue weighted by Crippen LogP contribution is -2.22. The zero-order valence-corrected chi connectivity index (χ0v) is 17.3. The number of amides is 3. The van der Waals surface area contributed by atoms with Crippen molar-refractivity contribution in [1.82, 2.24) is 30.2 Å². The van der Waals surface area contributed by atoms with Gasteiger partial charge >= 0.3 is 12.4 Å². The third-order valence-electron chi connectivity index (χ3n) is 4.96. The first-order valence-electron chi connectivity index (χ1n) is 10.2. The number of para-hydroxylation sites is 1. The first kappa shape index (κ1) is 21.5. The lowest BCUT2D eigenvalue weighted by atomic mass is 10.2. The fourth-order valence-corrected chi connectivity index (χ4v) is 3.27. The number of carbonyl (C=O) groups excluding carboxylic acids is 2. The van der Waals surface area contributed by atoms with Crippen molar-refractivity contribution in [2.45, 2.75) is 31.8 Å². The van der Waals surface area contributed by atoms with E-state index >= 15 is 0 Å². The first-order valence-corrected chi connectivity index (χ1v) is 10.2. The number of ether oxygens (including phenoxy) is 1. The van der Waals surface area contributed by atoms with Gasteiger partial charge in [-0.15, -0.1) is 13.2 Å². The van der Waals surface area contributed by atoms with Crippen LogP contribution in [0.1, 0.15) is 24.0 Å². The van der Waals surface area contributed by atoms with Crippen molar-refractivity contribution in [3.63, 3.8) is 0 Å². The van der Waals surface area contributed by atoms with Gasteiger partial charge in [0.15, 0.2) is 5.65 Å². The molecule has 2 fully saturated rings. The maximum absolute atomic E-state index is 12.7. The summed E-state index contributed by atoms with van der Waals surface area (Å²) in [5.74, 6) is -0.427. The molecule has 2 aromatic heterocycles. The largest absolute Gasteiger partial charge is 0.573 e. The molecule has 1 aliphatic heterocycles. The van der Waals surface area contributed by atoms with Crippen LogP contribution in [0.2, 0.25) is 0 Å². The Hall–Kier alpha value is -4.36. The summed E-state index contributed by atoms with van der Waals surface area (Å²) in [4.78, 5) is 32.1. The molecule has 1 aliphatic carbocycles. The van der Waals surface area contributed by atoms with Gasteiger partial charge in [0, 0.05) is 23.7 Å². The predicted octanol–water partition coefficient (Wildman–Crippen LogP) is 2.39. The number of anilines is 2. The molecular weight excluding hydrogens is 457 g/mol. The number of nitrogens with one attached hydrogen (secondary N) is 4. The van der Waals surface area contributed by atoms with Gasteiger partial charge < -0.3 is 20.7 Å². The number of imide groups is 1. The van der Waals surface area contributed by atoms with Crippen LogP contribution in [0.4, 0.5) is 29.9 Å². The van der Waals surface area contributed by atoms with Gasteiger partial charge in [-0.25, -0.2) is 4.79 Å². The molecule has 0 unspecified atom stereocenters. The van der Waals surface area contributed by atoms with Crippen LogP contribution in [0.15, 0.2) is 36.2 Å². The summed E-state index contributed by atoms with van der Waals surface area (Å²) in [6.45, 7) is -0.0473. The summed E-state index contributed by atoms with van der Waals surface area (Å²) >= 11 is 0. The standard InChI is InChI=1S/C20H17F3N8O3/c21-20(22,23)34-14-4-2-1-3-10(14)8-24-17-28-15-11(7-13-16(32)29-19(33)27-13)9-25-31(15)18(30-17)26-12-5-6-12/h1-4,7,9,12H,5-6,8H2,(H2,24,26,28,30)(H2,27,29,32,33)/b13-7-. The third-order valence-corrected chi connectivity index (χ3v) is 4.96. The van der Waals surface area contributed by atoms with Crippen LogP contribution < -0.4 is 26.0 Å². The molecule has 0 spiro atoms. The molecule has 1 saturated carbocycles. The molecule has 0 bridgehead atoms. The maximum Gasteiger partial charge on any atom is 0.573 e. The van der Waals surface area contributed by atoms with E-state index in [1.54, 1.807) is 6.07 Å². The Labute approximate surface area is 189 Å². The smallest absolute Gasteiger partial charge is 0.405 e. The molecule has 0 radical (unpaired) electrons. The van der Waals surface area contributed by atoms with Crippen molar-refractivity contribution < 1.29 is 27.5 Å². The van der Waals surface area contributed by atoms with Gasteiger partial charge in [-0.2, -0.15) is 19.6 Å². The minimum absolute atomic E-state index is 0.0305. The van der Waals surface area contributed by atoms with E-state index in [1.807, 2.05) is 0 Å². The molecule has 0 atom stereocenters. The predicted molar refractivity (Wildman–Crippen MR) is 113 cm³/mol. The number of urea groups is 1. The van der Waals surface area contributed by atoms with Gasteiger partial charge in [-0.05, 0) is 25.0 Å². The number of aromatic nitrogens is 4. The second-order valence-electron chi connectivity index (χ2n) is 7.60. The Morgan fingerprint density at radius 3 is 2.68 bits per heavy atom. The van der Waals surface area contributed by atoms with E-state index in [0.717, 1.165) is 12.8 Å². The zero-order chi connectivity index (χ0) is 23.9. The molecule has 34 heavy (non-hydrogen) atoms. The number of benzene rings is 1. The average Bonchev–Trinajstić information content (AvgIpc) is 3.40. The normalized spacial score (nSPS) is 17.1. The number of fused-ring (bicyclic) bond motifs is 1. The van der Waals surface area contributed by atoms with Crippen molar-refractivity contribution >= 4 is 35.6 Å². The van der Waals surface area contributed by atoms with Crippen molar-refractivity contribution in [2.75, 3.05) is 10.6 Å². The molecule has 2 aliphatic rings. The molecule has 3 amide bonds. The lowest BCUT2D eigenvalue weighted by Gasteiger charge is -2.14. The number of rotatable bonds is 7. The van der Waals surface area contributed by atoms with Gasteiger partial charge in [0.2, 0.25) is 11.9 Å². The molecule has 14 heteroatoms. The van der Waals surface area contributed by atoms with Crippen LogP contribution in [0.25, 0.3) is 11.7 Å². The summed E-state index contributed by atoms with van der Waals surface area (Å²) < 4.78 is 43.7. The molecular formula is C20H17F3N8O3. The fraction of sp³-hybridized carbons (Fsp3) is 0.250. The van der Waals surface area contributed by atoms with Gasteiger partial charge in [0.1, 0.15) is 11.4 Å². The summed E-state index contributed by atoms with van der Waals surface area (Å²) in [6, 6.07) is 5.32. The highest BCUT2D eigenvalue weighted by Crippen LogP contribution is 2.28. The van der Waals surface area contributed by atoms with E-state index in [4.69, 9.17) is 0 Å². The van der Waals surface area contributed by atoms with Crippen LogP contribution in [-0.2, 0) is 11.3 Å². The van der Waals surface area contributed by atoms with Gasteiger partial charge in [-0.1, -0.05) is 18.2 Å². The second-order valence-corrected chi connectivity index (χ2v) is 7.60. The molecule has 1 aromatic carbocycles. The van der Waals surface area contributed by atoms with E-state index in [0.29, 0.717) is 17.2 Å². The van der Waals surface area contributed by atoms with Gasteiger partial charge in [0.25, 0.3) is 5.91 Å². The Morgan fingerprint density at radius 2 is 1.97 bits per heavy atom. The molecule has 3 aromatic rings. The number of nitrogens with zero attached hydrogens (tertiary/aromatic N) is 4. The van der Waals surface area contributed by atoms with Crippen molar-refractivity contribution in [1.29, 1.82) is 0 Å². The van der Waals surface area contributed by atoms with Crippen LogP contribution >= 0.6 is 0 Å². The quantitative estimate of drug-likeness (QED) is 0.303. The minimum Gasteiger partial charge on any atom is -0.405 e. The Morgan fingerprint density at radius 1 is 1.18 bits per heavy atom.